The highest BCUT2D eigenvalue weighted by atomic mass is 32.2. The van der Waals surface area contributed by atoms with Gasteiger partial charge in [-0.05, 0) is 43.3 Å². The number of nitrogens with zero attached hydrogens (tertiary/aromatic N) is 3. The molecule has 12 nitrogen and oxygen atoms in total. The highest BCUT2D eigenvalue weighted by molar-refractivity contribution is 7.89. The fourth-order valence-electron chi connectivity index (χ4n) is 4.80. The Labute approximate surface area is 236 Å². The topological polar surface area (TPSA) is 127 Å². The van der Waals surface area contributed by atoms with E-state index in [0.717, 1.165) is 19.6 Å². The summed E-state index contributed by atoms with van der Waals surface area (Å²) in [6, 6.07) is 9.24. The number of benzene rings is 2. The van der Waals surface area contributed by atoms with Crippen LogP contribution in [0.3, 0.4) is 0 Å². The molecule has 2 saturated heterocycles. The molecular formula is C26H38N4O8S2. The molecule has 0 spiro atoms. The van der Waals surface area contributed by atoms with Crippen LogP contribution in [0.5, 0.6) is 17.2 Å². The van der Waals surface area contributed by atoms with Gasteiger partial charge in [-0.15, -0.1) is 0 Å². The Bertz CT molecular complexity index is 1360. The van der Waals surface area contributed by atoms with Crippen molar-refractivity contribution in [3.8, 4) is 17.2 Å². The maximum atomic E-state index is 13.3. The van der Waals surface area contributed by atoms with Gasteiger partial charge in [-0.2, -0.15) is 4.31 Å². The van der Waals surface area contributed by atoms with Gasteiger partial charge in [0.25, 0.3) is 0 Å². The second-order valence-electron chi connectivity index (χ2n) is 9.45. The molecule has 0 aromatic heterocycles. The van der Waals surface area contributed by atoms with Crippen LogP contribution >= 0.6 is 0 Å². The fourth-order valence-corrected chi connectivity index (χ4v) is 7.33. The van der Waals surface area contributed by atoms with Gasteiger partial charge in [0.2, 0.25) is 20.0 Å². The monoisotopic (exact) mass is 598 g/mol. The van der Waals surface area contributed by atoms with Gasteiger partial charge < -0.3 is 23.8 Å². The first kappa shape index (κ1) is 30.3. The first-order chi connectivity index (χ1) is 19.2. The summed E-state index contributed by atoms with van der Waals surface area (Å²) in [6.07, 6.45) is 0.693. The molecule has 0 unspecified atom stereocenters. The molecule has 0 bridgehead atoms. The molecule has 2 fully saturated rings. The lowest BCUT2D eigenvalue weighted by Crippen LogP contribution is -2.48. The molecule has 14 heteroatoms. The highest BCUT2D eigenvalue weighted by Crippen LogP contribution is 2.34. The predicted octanol–water partition coefficient (Wildman–Crippen LogP) is 1.22. The van der Waals surface area contributed by atoms with Crippen molar-refractivity contribution >= 4 is 25.7 Å². The van der Waals surface area contributed by atoms with E-state index in [2.05, 4.69) is 9.62 Å². The van der Waals surface area contributed by atoms with E-state index in [1.165, 1.54) is 43.8 Å². The van der Waals surface area contributed by atoms with Crippen molar-refractivity contribution in [3.05, 3.63) is 36.4 Å². The molecule has 222 valence electrons. The van der Waals surface area contributed by atoms with Crippen molar-refractivity contribution in [2.75, 3.05) is 91.8 Å². The van der Waals surface area contributed by atoms with Gasteiger partial charge >= 0.3 is 0 Å². The SMILES string of the molecule is COc1ccc(S(=O)(=O)N2CCN(c3cc(S(=O)(=O)NCCCN4CCOCC4)ccc3OC)CC2)cc1OC. The second kappa shape index (κ2) is 13.4. The van der Waals surface area contributed by atoms with Crippen LogP contribution in [0.25, 0.3) is 0 Å². The minimum absolute atomic E-state index is 0.115. The van der Waals surface area contributed by atoms with Gasteiger partial charge in [0, 0.05) is 51.9 Å². The van der Waals surface area contributed by atoms with Crippen molar-refractivity contribution < 1.29 is 35.8 Å². The summed E-state index contributed by atoms with van der Waals surface area (Å²) in [5.41, 5.74) is 0.599. The van der Waals surface area contributed by atoms with E-state index in [4.69, 9.17) is 18.9 Å². The van der Waals surface area contributed by atoms with E-state index in [-0.39, 0.29) is 22.9 Å². The molecule has 40 heavy (non-hydrogen) atoms. The first-order valence-electron chi connectivity index (χ1n) is 13.1. The molecule has 1 N–H and O–H groups in total. The minimum Gasteiger partial charge on any atom is -0.495 e. The molecule has 2 aliphatic heterocycles. The largest absolute Gasteiger partial charge is 0.495 e. The van der Waals surface area contributed by atoms with Crippen LogP contribution in [0, 0.1) is 0 Å². The summed E-state index contributed by atoms with van der Waals surface area (Å²) in [5, 5.41) is 0. The average molecular weight is 599 g/mol. The molecular weight excluding hydrogens is 560 g/mol. The predicted molar refractivity (Wildman–Crippen MR) is 151 cm³/mol. The van der Waals surface area contributed by atoms with Crippen molar-refractivity contribution in [1.29, 1.82) is 0 Å². The van der Waals surface area contributed by atoms with Gasteiger partial charge in [-0.1, -0.05) is 0 Å². The third-order valence-electron chi connectivity index (χ3n) is 7.08. The Hall–Kier alpha value is -2.62. The van der Waals surface area contributed by atoms with Gasteiger partial charge in [-0.3, -0.25) is 4.90 Å². The second-order valence-corrected chi connectivity index (χ2v) is 13.2. The van der Waals surface area contributed by atoms with Crippen LogP contribution in [0.2, 0.25) is 0 Å². The van der Waals surface area contributed by atoms with Crippen molar-refractivity contribution in [2.45, 2.75) is 16.2 Å². The zero-order valence-corrected chi connectivity index (χ0v) is 24.8. The lowest BCUT2D eigenvalue weighted by Gasteiger charge is -2.36. The molecule has 2 aromatic carbocycles. The van der Waals surface area contributed by atoms with Crippen LogP contribution < -0.4 is 23.8 Å². The number of methoxy groups -OCH3 is 3. The number of ether oxygens (including phenoxy) is 4. The smallest absolute Gasteiger partial charge is 0.243 e. The maximum absolute atomic E-state index is 13.3. The molecule has 2 aliphatic rings. The Kier molecular flexibility index (Phi) is 10.1. The Morgan fingerprint density at radius 3 is 2.05 bits per heavy atom. The molecule has 0 radical (unpaired) electrons. The molecule has 2 aromatic rings. The van der Waals surface area contributed by atoms with Crippen molar-refractivity contribution in [3.63, 3.8) is 0 Å². The van der Waals surface area contributed by atoms with Gasteiger partial charge in [0.1, 0.15) is 5.75 Å². The van der Waals surface area contributed by atoms with Crippen LogP contribution in [0.1, 0.15) is 6.42 Å². The van der Waals surface area contributed by atoms with Gasteiger partial charge in [0.05, 0.1) is 50.0 Å². The summed E-state index contributed by atoms with van der Waals surface area (Å²) < 4.78 is 78.2. The molecule has 0 aliphatic carbocycles. The molecule has 2 heterocycles. The summed E-state index contributed by atoms with van der Waals surface area (Å²) in [5.74, 6) is 1.29. The van der Waals surface area contributed by atoms with E-state index in [1.54, 1.807) is 18.2 Å². The molecule has 4 rings (SSSR count). The highest BCUT2D eigenvalue weighted by Gasteiger charge is 2.31. The number of hydrogen-bond donors (Lipinski definition) is 1. The van der Waals surface area contributed by atoms with Gasteiger partial charge in [-0.25, -0.2) is 21.6 Å². The first-order valence-corrected chi connectivity index (χ1v) is 16.1. The van der Waals surface area contributed by atoms with E-state index < -0.39 is 20.0 Å². The summed E-state index contributed by atoms with van der Waals surface area (Å²) >= 11 is 0. The van der Waals surface area contributed by atoms with Crippen LogP contribution in [-0.4, -0.2) is 113 Å². The molecule has 0 atom stereocenters. The van der Waals surface area contributed by atoms with Crippen LogP contribution in [-0.2, 0) is 24.8 Å². The van der Waals surface area contributed by atoms with Crippen LogP contribution in [0.4, 0.5) is 5.69 Å². The fraction of sp³-hybridized carbons (Fsp3) is 0.538. The lowest BCUT2D eigenvalue weighted by atomic mass is 10.2. The minimum atomic E-state index is -3.77. The van der Waals surface area contributed by atoms with Crippen molar-refractivity contribution in [1.82, 2.24) is 13.9 Å². The van der Waals surface area contributed by atoms with E-state index in [0.29, 0.717) is 62.2 Å². The number of hydrogen-bond acceptors (Lipinski definition) is 10. The third-order valence-corrected chi connectivity index (χ3v) is 10.4. The van der Waals surface area contributed by atoms with Crippen molar-refractivity contribution in [2.24, 2.45) is 0 Å². The molecule has 0 saturated carbocycles. The summed E-state index contributed by atoms with van der Waals surface area (Å²) in [7, 11) is -3.04. The standard InChI is InChI=1S/C26H38N4O8S2/c1-35-24-7-5-21(39(31,32)27-9-4-10-28-15-17-38-18-16-28)19-23(24)29-11-13-30(14-12-29)40(33,34)22-6-8-25(36-2)26(20-22)37-3/h5-8,19-20,27H,4,9-18H2,1-3H3. The Morgan fingerprint density at radius 1 is 0.775 bits per heavy atom. The maximum Gasteiger partial charge on any atom is 0.243 e. The number of sulfonamides is 2. The lowest BCUT2D eigenvalue weighted by molar-refractivity contribution is 0.0376. The zero-order valence-electron chi connectivity index (χ0n) is 23.2. The molecule has 0 amide bonds. The zero-order chi connectivity index (χ0) is 28.8. The quantitative estimate of drug-likeness (QED) is 0.357. The summed E-state index contributed by atoms with van der Waals surface area (Å²) in [6.45, 7) is 5.41. The average Bonchev–Trinajstić information content (AvgIpc) is 2.99. The number of anilines is 1. The number of nitrogens with one attached hydrogen (secondary N) is 1. The Balaban J connectivity index is 1.41. The normalized spacial score (nSPS) is 17.5. The van der Waals surface area contributed by atoms with E-state index >= 15 is 0 Å². The van der Waals surface area contributed by atoms with E-state index in [9.17, 15) is 16.8 Å². The van der Waals surface area contributed by atoms with Gasteiger partial charge in [0.15, 0.2) is 11.5 Å². The summed E-state index contributed by atoms with van der Waals surface area (Å²) in [4.78, 5) is 4.45. The number of piperazine rings is 1. The number of rotatable bonds is 12. The Morgan fingerprint density at radius 2 is 1.40 bits per heavy atom. The third kappa shape index (κ3) is 6.98. The number of morpholine rings is 1. The van der Waals surface area contributed by atoms with Crippen LogP contribution in [0.15, 0.2) is 46.2 Å². The van der Waals surface area contributed by atoms with E-state index in [1.807, 2.05) is 4.90 Å².